The number of amides is 1. The summed E-state index contributed by atoms with van der Waals surface area (Å²) in [5, 5.41) is 8.77. The van der Waals surface area contributed by atoms with Gasteiger partial charge >= 0.3 is 0 Å². The summed E-state index contributed by atoms with van der Waals surface area (Å²) in [6.07, 6.45) is 0.140. The van der Waals surface area contributed by atoms with Gasteiger partial charge in [-0.15, -0.1) is 0 Å². The normalized spacial score (nSPS) is 10.2. The Balaban J connectivity index is 3.07. The molecule has 0 unspecified atom stereocenters. The minimum atomic E-state index is -0.128. The van der Waals surface area contributed by atoms with E-state index in [-0.39, 0.29) is 18.9 Å². The SMILES string of the molecule is COc1ccc(N(C)C(=O)CCO)c(C)c1C. The van der Waals surface area contributed by atoms with Gasteiger partial charge in [0, 0.05) is 12.7 Å². The molecule has 0 radical (unpaired) electrons. The van der Waals surface area contributed by atoms with Gasteiger partial charge in [0.1, 0.15) is 5.75 Å². The molecule has 0 saturated carbocycles. The lowest BCUT2D eigenvalue weighted by Gasteiger charge is -2.21. The van der Waals surface area contributed by atoms with E-state index >= 15 is 0 Å². The van der Waals surface area contributed by atoms with Gasteiger partial charge in [-0.05, 0) is 37.1 Å². The highest BCUT2D eigenvalue weighted by molar-refractivity contribution is 5.93. The van der Waals surface area contributed by atoms with Crippen LogP contribution in [0.3, 0.4) is 0 Å². The average Bonchev–Trinajstić information content (AvgIpc) is 2.32. The number of methoxy groups -OCH3 is 1. The summed E-state index contributed by atoms with van der Waals surface area (Å²) in [5.41, 5.74) is 2.88. The molecule has 4 nitrogen and oxygen atoms in total. The third-order valence-corrected chi connectivity index (χ3v) is 2.99. The second kappa shape index (κ2) is 5.68. The number of hydrogen-bond donors (Lipinski definition) is 1. The molecule has 0 heterocycles. The molecule has 0 aliphatic carbocycles. The van der Waals surface area contributed by atoms with Crippen molar-refractivity contribution in [2.45, 2.75) is 20.3 Å². The van der Waals surface area contributed by atoms with Crippen LogP contribution in [-0.4, -0.2) is 31.8 Å². The Morgan fingerprint density at radius 3 is 2.53 bits per heavy atom. The quantitative estimate of drug-likeness (QED) is 0.866. The first-order chi connectivity index (χ1) is 8.02. The first-order valence-corrected chi connectivity index (χ1v) is 5.54. The van der Waals surface area contributed by atoms with E-state index < -0.39 is 0 Å². The number of hydrogen-bond acceptors (Lipinski definition) is 3. The number of anilines is 1. The van der Waals surface area contributed by atoms with Gasteiger partial charge in [-0.2, -0.15) is 0 Å². The summed E-state index contributed by atoms with van der Waals surface area (Å²) >= 11 is 0. The molecular formula is C13H19NO3. The molecule has 1 aromatic rings. The lowest BCUT2D eigenvalue weighted by Crippen LogP contribution is -2.27. The van der Waals surface area contributed by atoms with Gasteiger partial charge in [0.25, 0.3) is 0 Å². The van der Waals surface area contributed by atoms with E-state index in [0.29, 0.717) is 0 Å². The van der Waals surface area contributed by atoms with Crippen LogP contribution in [0, 0.1) is 13.8 Å². The van der Waals surface area contributed by atoms with E-state index in [1.54, 1.807) is 19.1 Å². The van der Waals surface area contributed by atoms with Crippen molar-refractivity contribution in [3.05, 3.63) is 23.3 Å². The molecule has 0 aliphatic rings. The van der Waals surface area contributed by atoms with Crippen molar-refractivity contribution in [1.82, 2.24) is 0 Å². The van der Waals surface area contributed by atoms with Crippen molar-refractivity contribution in [1.29, 1.82) is 0 Å². The Kier molecular flexibility index (Phi) is 4.52. The maximum Gasteiger partial charge on any atom is 0.229 e. The zero-order valence-corrected chi connectivity index (χ0v) is 10.8. The van der Waals surface area contributed by atoms with E-state index in [1.165, 1.54) is 0 Å². The number of ether oxygens (including phenoxy) is 1. The van der Waals surface area contributed by atoms with Gasteiger partial charge in [0.05, 0.1) is 20.1 Å². The Hall–Kier alpha value is -1.55. The fraction of sp³-hybridized carbons (Fsp3) is 0.462. The molecule has 0 spiro atoms. The molecule has 0 bridgehead atoms. The first-order valence-electron chi connectivity index (χ1n) is 5.54. The van der Waals surface area contributed by atoms with Crippen LogP contribution >= 0.6 is 0 Å². The molecule has 1 amide bonds. The third kappa shape index (κ3) is 2.77. The predicted octanol–water partition coefficient (Wildman–Crippen LogP) is 1.66. The van der Waals surface area contributed by atoms with Gasteiger partial charge in [-0.25, -0.2) is 0 Å². The Morgan fingerprint density at radius 1 is 1.35 bits per heavy atom. The van der Waals surface area contributed by atoms with E-state index in [1.807, 2.05) is 26.0 Å². The standard InChI is InChI=1S/C13H19NO3/c1-9-10(2)12(17-4)6-5-11(9)14(3)13(16)7-8-15/h5-6,15H,7-8H2,1-4H3. The molecule has 1 aromatic carbocycles. The van der Waals surface area contributed by atoms with Crippen LogP contribution in [0.25, 0.3) is 0 Å². The number of aliphatic hydroxyl groups is 1. The highest BCUT2D eigenvalue weighted by Crippen LogP contribution is 2.29. The Bertz CT molecular complexity index is 415. The largest absolute Gasteiger partial charge is 0.496 e. The summed E-state index contributed by atoms with van der Waals surface area (Å²) in [5.74, 6) is 0.717. The van der Waals surface area contributed by atoms with E-state index in [2.05, 4.69) is 0 Å². The monoisotopic (exact) mass is 237 g/mol. The lowest BCUT2D eigenvalue weighted by atomic mass is 10.1. The first kappa shape index (κ1) is 13.5. The van der Waals surface area contributed by atoms with Crippen LogP contribution in [-0.2, 0) is 4.79 Å². The second-order valence-electron chi connectivity index (χ2n) is 3.96. The number of benzene rings is 1. The fourth-order valence-corrected chi connectivity index (χ4v) is 1.76. The van der Waals surface area contributed by atoms with Crippen LogP contribution < -0.4 is 9.64 Å². The molecular weight excluding hydrogens is 218 g/mol. The number of rotatable bonds is 4. The molecule has 1 N–H and O–H groups in total. The molecule has 0 fully saturated rings. The third-order valence-electron chi connectivity index (χ3n) is 2.99. The van der Waals surface area contributed by atoms with Crippen LogP contribution in [0.1, 0.15) is 17.5 Å². The zero-order valence-electron chi connectivity index (χ0n) is 10.8. The molecule has 1 rings (SSSR count). The van der Waals surface area contributed by atoms with Crippen LogP contribution in [0.15, 0.2) is 12.1 Å². The van der Waals surface area contributed by atoms with Crippen molar-refractivity contribution in [2.75, 3.05) is 25.7 Å². The average molecular weight is 237 g/mol. The van der Waals surface area contributed by atoms with Crippen molar-refractivity contribution in [3.63, 3.8) is 0 Å². The number of carbonyl (C=O) groups is 1. The Labute approximate surface area is 102 Å². The minimum Gasteiger partial charge on any atom is -0.496 e. The molecule has 4 heteroatoms. The number of nitrogens with zero attached hydrogens (tertiary/aromatic N) is 1. The van der Waals surface area contributed by atoms with E-state index in [4.69, 9.17) is 9.84 Å². The summed E-state index contributed by atoms with van der Waals surface area (Å²) < 4.78 is 5.23. The fourth-order valence-electron chi connectivity index (χ4n) is 1.76. The zero-order chi connectivity index (χ0) is 13.0. The topological polar surface area (TPSA) is 49.8 Å². The lowest BCUT2D eigenvalue weighted by molar-refractivity contribution is -0.118. The summed E-state index contributed by atoms with van der Waals surface area (Å²) in [6, 6.07) is 3.71. The number of carbonyl (C=O) groups excluding carboxylic acids is 1. The molecule has 0 atom stereocenters. The summed E-state index contributed by atoms with van der Waals surface area (Å²) in [4.78, 5) is 13.3. The van der Waals surface area contributed by atoms with Crippen molar-refractivity contribution < 1.29 is 14.6 Å². The van der Waals surface area contributed by atoms with Crippen LogP contribution in [0.5, 0.6) is 5.75 Å². The van der Waals surface area contributed by atoms with E-state index in [9.17, 15) is 4.79 Å². The van der Waals surface area contributed by atoms with Gasteiger partial charge in [-0.3, -0.25) is 4.79 Å². The maximum absolute atomic E-state index is 11.7. The van der Waals surface area contributed by atoms with Crippen molar-refractivity contribution in [2.24, 2.45) is 0 Å². The van der Waals surface area contributed by atoms with Gasteiger partial charge in [0.15, 0.2) is 0 Å². The highest BCUT2D eigenvalue weighted by atomic mass is 16.5. The molecule has 94 valence electrons. The van der Waals surface area contributed by atoms with Crippen LogP contribution in [0.2, 0.25) is 0 Å². The Morgan fingerprint density at radius 2 is 2.00 bits per heavy atom. The van der Waals surface area contributed by atoms with Crippen molar-refractivity contribution >= 4 is 11.6 Å². The number of aliphatic hydroxyl groups excluding tert-OH is 1. The summed E-state index contributed by atoms with van der Waals surface area (Å²) in [7, 11) is 3.34. The van der Waals surface area contributed by atoms with Gasteiger partial charge in [-0.1, -0.05) is 0 Å². The smallest absolute Gasteiger partial charge is 0.229 e. The van der Waals surface area contributed by atoms with Gasteiger partial charge < -0.3 is 14.7 Å². The molecule has 17 heavy (non-hydrogen) atoms. The highest BCUT2D eigenvalue weighted by Gasteiger charge is 2.15. The molecule has 0 saturated heterocycles. The van der Waals surface area contributed by atoms with Gasteiger partial charge in [0.2, 0.25) is 5.91 Å². The molecule has 0 aromatic heterocycles. The van der Waals surface area contributed by atoms with Crippen molar-refractivity contribution in [3.8, 4) is 5.75 Å². The molecule has 0 aliphatic heterocycles. The predicted molar refractivity (Wildman–Crippen MR) is 67.6 cm³/mol. The minimum absolute atomic E-state index is 0.0971. The summed E-state index contributed by atoms with van der Waals surface area (Å²) in [6.45, 7) is 3.79. The van der Waals surface area contributed by atoms with E-state index in [0.717, 1.165) is 22.6 Å². The maximum atomic E-state index is 11.7. The second-order valence-corrected chi connectivity index (χ2v) is 3.96. The van der Waals surface area contributed by atoms with Crippen LogP contribution in [0.4, 0.5) is 5.69 Å².